The van der Waals surface area contributed by atoms with Crippen molar-refractivity contribution in [1.29, 1.82) is 0 Å². The number of amides is 1. The van der Waals surface area contributed by atoms with E-state index < -0.39 is 12.1 Å². The van der Waals surface area contributed by atoms with Gasteiger partial charge < -0.3 is 10.2 Å². The molecule has 0 aliphatic carbocycles. The van der Waals surface area contributed by atoms with Gasteiger partial charge in [-0.15, -0.1) is 0 Å². The third-order valence-corrected chi connectivity index (χ3v) is 7.10. The summed E-state index contributed by atoms with van der Waals surface area (Å²) in [5.41, 5.74) is 0. The van der Waals surface area contributed by atoms with Gasteiger partial charge >= 0.3 is 12.1 Å². The number of hydrogen-bond donors (Lipinski definition) is 1. The average molecular weight is 521 g/mol. The molecule has 0 saturated carbocycles. The van der Waals surface area contributed by atoms with Crippen LogP contribution in [0.2, 0.25) is 0 Å². The fourth-order valence-electron chi connectivity index (χ4n) is 4.74. The minimum atomic E-state index is -4.77. The van der Waals surface area contributed by atoms with Crippen LogP contribution in [-0.4, -0.2) is 43.2 Å². The summed E-state index contributed by atoms with van der Waals surface area (Å²) < 4.78 is 36.4. The second kappa shape index (κ2) is 25.9. The molecule has 0 atom stereocenters. The van der Waals surface area contributed by atoms with Crippen LogP contribution in [0, 0.1) is 0 Å². The van der Waals surface area contributed by atoms with Crippen LogP contribution in [-0.2, 0) is 4.79 Å². The Kier molecular flexibility index (Phi) is 25.3. The van der Waals surface area contributed by atoms with Gasteiger partial charge in [0.1, 0.15) is 0 Å². The van der Waals surface area contributed by atoms with Crippen molar-refractivity contribution in [3.8, 4) is 0 Å². The average Bonchev–Trinajstić information content (AvgIpc) is 2.84. The second-order valence-corrected chi connectivity index (χ2v) is 10.7. The van der Waals surface area contributed by atoms with E-state index in [1.165, 1.54) is 135 Å². The molecule has 0 spiro atoms. The number of alkyl halides is 3. The summed E-state index contributed by atoms with van der Waals surface area (Å²) in [5, 5.41) is 1.94. The van der Waals surface area contributed by atoms with Gasteiger partial charge in [0.15, 0.2) is 0 Å². The van der Waals surface area contributed by atoms with Gasteiger partial charge in [-0.2, -0.15) is 13.2 Å². The summed E-state index contributed by atoms with van der Waals surface area (Å²) in [6.07, 6.45) is 23.1. The molecule has 0 bridgehead atoms. The van der Waals surface area contributed by atoms with Crippen LogP contribution in [0.1, 0.15) is 155 Å². The molecule has 0 radical (unpaired) electrons. The van der Waals surface area contributed by atoms with Gasteiger partial charge in [0.2, 0.25) is 0 Å². The Morgan fingerprint density at radius 2 is 0.833 bits per heavy atom. The molecular formula is C30H59F3N2O. The van der Waals surface area contributed by atoms with Crippen LogP contribution in [0.5, 0.6) is 0 Å². The summed E-state index contributed by atoms with van der Waals surface area (Å²) in [7, 11) is 0. The highest BCUT2D eigenvalue weighted by Gasteiger charge is 2.38. The highest BCUT2D eigenvalue weighted by atomic mass is 19.4. The second-order valence-electron chi connectivity index (χ2n) is 10.7. The van der Waals surface area contributed by atoms with E-state index in [0.29, 0.717) is 6.42 Å². The maximum atomic E-state index is 12.1. The lowest BCUT2D eigenvalue weighted by Crippen LogP contribution is -2.37. The van der Waals surface area contributed by atoms with Crippen LogP contribution in [0.15, 0.2) is 0 Å². The largest absolute Gasteiger partial charge is 0.471 e. The molecule has 0 aromatic heterocycles. The third kappa shape index (κ3) is 24.9. The van der Waals surface area contributed by atoms with Crippen LogP contribution in [0.4, 0.5) is 13.2 Å². The van der Waals surface area contributed by atoms with Gasteiger partial charge in [-0.3, -0.25) is 4.79 Å². The minimum absolute atomic E-state index is 0.115. The van der Waals surface area contributed by atoms with Gasteiger partial charge in [0.25, 0.3) is 0 Å². The maximum absolute atomic E-state index is 12.1. The number of rotatable bonds is 27. The minimum Gasteiger partial charge on any atom is -0.348 e. The molecule has 0 rings (SSSR count). The van der Waals surface area contributed by atoms with Crippen LogP contribution >= 0.6 is 0 Å². The van der Waals surface area contributed by atoms with E-state index >= 15 is 0 Å². The van der Waals surface area contributed by atoms with E-state index in [1.807, 2.05) is 5.32 Å². The summed E-state index contributed by atoms with van der Waals surface area (Å²) in [6.45, 7) is 8.34. The van der Waals surface area contributed by atoms with Crippen molar-refractivity contribution < 1.29 is 18.0 Å². The lowest BCUT2D eigenvalue weighted by Gasteiger charge is -2.22. The van der Waals surface area contributed by atoms with Crippen molar-refractivity contribution in [2.24, 2.45) is 0 Å². The van der Waals surface area contributed by atoms with E-state index in [0.717, 1.165) is 19.3 Å². The monoisotopic (exact) mass is 520 g/mol. The predicted molar refractivity (Wildman–Crippen MR) is 148 cm³/mol. The molecule has 0 unspecified atom stereocenters. The van der Waals surface area contributed by atoms with Gasteiger partial charge in [-0.05, 0) is 45.3 Å². The molecule has 0 aliphatic heterocycles. The molecule has 0 aromatic carbocycles. The summed E-state index contributed by atoms with van der Waals surface area (Å²) in [6, 6.07) is 0. The predicted octanol–water partition coefficient (Wildman–Crippen LogP) is 9.59. The van der Waals surface area contributed by atoms with Gasteiger partial charge in [-0.1, -0.05) is 129 Å². The standard InChI is InChI=1S/C30H59F3N2O/c1-3-5-7-9-10-11-12-13-16-19-23-27-35(26-22-8-6-4-2)28-24-20-17-14-15-18-21-25-34-29(36)30(31,32)33/h3-28H2,1-2H3,(H,34,36). The van der Waals surface area contributed by atoms with Crippen LogP contribution in [0.3, 0.4) is 0 Å². The molecule has 0 fully saturated rings. The molecule has 0 aromatic rings. The first-order chi connectivity index (χ1) is 17.4. The molecule has 3 nitrogen and oxygen atoms in total. The Morgan fingerprint density at radius 1 is 0.528 bits per heavy atom. The first-order valence-electron chi connectivity index (χ1n) is 15.5. The van der Waals surface area contributed by atoms with E-state index in [4.69, 9.17) is 0 Å². The lowest BCUT2D eigenvalue weighted by molar-refractivity contribution is -0.173. The Balaban J connectivity index is 3.76. The van der Waals surface area contributed by atoms with Crippen molar-refractivity contribution >= 4 is 5.91 Å². The number of nitrogens with one attached hydrogen (secondary N) is 1. The van der Waals surface area contributed by atoms with Gasteiger partial charge in [-0.25, -0.2) is 0 Å². The van der Waals surface area contributed by atoms with Crippen LogP contribution in [0.25, 0.3) is 0 Å². The fraction of sp³-hybridized carbons (Fsp3) is 0.967. The van der Waals surface area contributed by atoms with Gasteiger partial charge in [0, 0.05) is 6.54 Å². The molecule has 0 heterocycles. The normalized spacial score (nSPS) is 11.9. The Bertz CT molecular complexity index is 472. The van der Waals surface area contributed by atoms with Crippen molar-refractivity contribution in [2.45, 2.75) is 161 Å². The van der Waals surface area contributed by atoms with E-state index in [9.17, 15) is 18.0 Å². The van der Waals surface area contributed by atoms with Crippen molar-refractivity contribution in [3.63, 3.8) is 0 Å². The number of unbranched alkanes of at least 4 members (excludes halogenated alkanes) is 19. The van der Waals surface area contributed by atoms with Crippen molar-refractivity contribution in [2.75, 3.05) is 26.2 Å². The first kappa shape index (κ1) is 35.2. The summed E-state index contributed by atoms with van der Waals surface area (Å²) >= 11 is 0. The number of nitrogens with zero attached hydrogens (tertiary/aromatic N) is 1. The first-order valence-corrected chi connectivity index (χ1v) is 15.5. The van der Waals surface area contributed by atoms with Crippen molar-refractivity contribution in [1.82, 2.24) is 10.2 Å². The zero-order valence-corrected chi connectivity index (χ0v) is 23.9. The number of hydrogen-bond acceptors (Lipinski definition) is 2. The zero-order chi connectivity index (χ0) is 26.7. The van der Waals surface area contributed by atoms with E-state index in [1.54, 1.807) is 0 Å². The molecule has 0 aliphatic rings. The Labute approximate surface area is 221 Å². The fourth-order valence-corrected chi connectivity index (χ4v) is 4.74. The molecule has 0 saturated heterocycles. The van der Waals surface area contributed by atoms with Crippen molar-refractivity contribution in [3.05, 3.63) is 0 Å². The highest BCUT2D eigenvalue weighted by Crippen LogP contribution is 2.15. The number of carbonyl (C=O) groups is 1. The Hall–Kier alpha value is -0.780. The maximum Gasteiger partial charge on any atom is 0.471 e. The molecule has 1 N–H and O–H groups in total. The molecule has 6 heteroatoms. The molecule has 1 amide bonds. The lowest BCUT2D eigenvalue weighted by atomic mass is 10.1. The van der Waals surface area contributed by atoms with E-state index in [2.05, 4.69) is 18.7 Å². The molecule has 216 valence electrons. The number of carbonyl (C=O) groups excluding carboxylic acids is 1. The smallest absolute Gasteiger partial charge is 0.348 e. The Morgan fingerprint density at radius 3 is 1.19 bits per heavy atom. The third-order valence-electron chi connectivity index (χ3n) is 7.10. The molecule has 36 heavy (non-hydrogen) atoms. The summed E-state index contributed by atoms with van der Waals surface area (Å²) in [5.74, 6) is -1.82. The SMILES string of the molecule is CCCCCCCCCCCCCN(CCCCCC)CCCCCCCCCNC(=O)C(F)(F)F. The molecular weight excluding hydrogens is 461 g/mol. The quantitative estimate of drug-likeness (QED) is 0.109. The van der Waals surface area contributed by atoms with Gasteiger partial charge in [0.05, 0.1) is 0 Å². The summed E-state index contributed by atoms with van der Waals surface area (Å²) in [4.78, 5) is 13.4. The highest BCUT2D eigenvalue weighted by molar-refractivity contribution is 5.81. The van der Waals surface area contributed by atoms with Crippen LogP contribution < -0.4 is 5.32 Å². The zero-order valence-electron chi connectivity index (χ0n) is 23.9. The number of halogens is 3. The topological polar surface area (TPSA) is 32.3 Å². The van der Waals surface area contributed by atoms with E-state index in [-0.39, 0.29) is 6.54 Å².